The molecule has 2 aromatic carbocycles. The third-order valence-corrected chi connectivity index (χ3v) is 3.79. The van der Waals surface area contributed by atoms with Crippen molar-refractivity contribution in [3.8, 4) is 11.1 Å². The summed E-state index contributed by atoms with van der Waals surface area (Å²) in [6, 6.07) is 13.1. The van der Waals surface area contributed by atoms with Crippen LogP contribution in [0.15, 0.2) is 42.5 Å². The zero-order valence-corrected chi connectivity index (χ0v) is 13.2. The fourth-order valence-corrected chi connectivity index (χ4v) is 2.58. The molecule has 0 aliphatic carbocycles. The first kappa shape index (κ1) is 14.3. The number of carbonyl (C=O) groups excluding carboxylic acids is 1. The quantitative estimate of drug-likeness (QED) is 0.560. The Morgan fingerprint density at radius 2 is 2.05 bits per heavy atom. The van der Waals surface area contributed by atoms with Gasteiger partial charge in [0.2, 0.25) is 0 Å². The molecule has 0 radical (unpaired) electrons. The maximum atomic E-state index is 11.8. The van der Waals surface area contributed by atoms with Crippen molar-refractivity contribution in [2.24, 2.45) is 0 Å². The molecule has 0 aromatic heterocycles. The van der Waals surface area contributed by atoms with Gasteiger partial charge in [0.1, 0.15) is 0 Å². The monoisotopic (exact) mass is 386 g/mol. The lowest BCUT2D eigenvalue weighted by molar-refractivity contribution is 0.0526. The van der Waals surface area contributed by atoms with E-state index in [2.05, 4.69) is 22.6 Å². The molecule has 0 spiro atoms. The van der Waals surface area contributed by atoms with E-state index in [4.69, 9.17) is 16.3 Å². The average molecular weight is 387 g/mol. The molecule has 2 aromatic rings. The second-order valence-electron chi connectivity index (χ2n) is 3.93. The van der Waals surface area contributed by atoms with Crippen LogP contribution in [0.2, 0.25) is 5.02 Å². The molecule has 0 saturated heterocycles. The molecular weight excluding hydrogens is 375 g/mol. The first-order valence-electron chi connectivity index (χ1n) is 5.84. The summed E-state index contributed by atoms with van der Waals surface area (Å²) in [5, 5.41) is 0.676. The van der Waals surface area contributed by atoms with Gasteiger partial charge in [0.15, 0.2) is 0 Å². The van der Waals surface area contributed by atoms with Gasteiger partial charge in [-0.05, 0) is 71.0 Å². The zero-order valence-electron chi connectivity index (χ0n) is 10.3. The van der Waals surface area contributed by atoms with Crippen LogP contribution in [0.25, 0.3) is 11.1 Å². The van der Waals surface area contributed by atoms with Gasteiger partial charge in [0, 0.05) is 8.59 Å². The molecule has 98 valence electrons. The molecule has 0 heterocycles. The lowest BCUT2D eigenvalue weighted by atomic mass is 10.0. The lowest BCUT2D eigenvalue weighted by Gasteiger charge is -2.08. The number of halogens is 2. The van der Waals surface area contributed by atoms with Crippen molar-refractivity contribution in [1.29, 1.82) is 0 Å². The maximum absolute atomic E-state index is 11.8. The SMILES string of the molecule is CCOC(=O)c1ccc(I)c(-c2cccc(Cl)c2)c1. The van der Waals surface area contributed by atoms with Gasteiger partial charge in [0.25, 0.3) is 0 Å². The molecule has 4 heteroatoms. The van der Waals surface area contributed by atoms with Gasteiger partial charge in [-0.1, -0.05) is 23.7 Å². The van der Waals surface area contributed by atoms with E-state index in [0.717, 1.165) is 14.7 Å². The van der Waals surface area contributed by atoms with E-state index in [-0.39, 0.29) is 5.97 Å². The zero-order chi connectivity index (χ0) is 13.8. The number of ether oxygens (including phenoxy) is 1. The number of carbonyl (C=O) groups is 1. The minimum absolute atomic E-state index is 0.304. The molecule has 0 N–H and O–H groups in total. The Hall–Kier alpha value is -1.07. The van der Waals surface area contributed by atoms with Gasteiger partial charge in [-0.3, -0.25) is 0 Å². The molecule has 0 amide bonds. The molecule has 2 nitrogen and oxygen atoms in total. The van der Waals surface area contributed by atoms with Gasteiger partial charge in [-0.15, -0.1) is 0 Å². The van der Waals surface area contributed by atoms with E-state index in [1.165, 1.54) is 0 Å². The van der Waals surface area contributed by atoms with E-state index >= 15 is 0 Å². The second kappa shape index (κ2) is 6.39. The van der Waals surface area contributed by atoms with Crippen LogP contribution in [0, 0.1) is 3.57 Å². The summed E-state index contributed by atoms with van der Waals surface area (Å²) in [5.74, 6) is -0.304. The molecule has 0 aliphatic heterocycles. The van der Waals surface area contributed by atoms with Crippen LogP contribution in [0.5, 0.6) is 0 Å². The second-order valence-corrected chi connectivity index (χ2v) is 5.52. The van der Waals surface area contributed by atoms with Gasteiger partial charge < -0.3 is 4.74 Å². The van der Waals surface area contributed by atoms with Crippen LogP contribution in [0.4, 0.5) is 0 Å². The summed E-state index contributed by atoms with van der Waals surface area (Å²) < 4.78 is 6.08. The van der Waals surface area contributed by atoms with Crippen molar-refractivity contribution in [3.63, 3.8) is 0 Å². The highest BCUT2D eigenvalue weighted by atomic mass is 127. The number of benzene rings is 2. The van der Waals surface area contributed by atoms with Gasteiger partial charge in [-0.2, -0.15) is 0 Å². The van der Waals surface area contributed by atoms with Crippen molar-refractivity contribution < 1.29 is 9.53 Å². The van der Waals surface area contributed by atoms with Crippen LogP contribution < -0.4 is 0 Å². The molecule has 2 rings (SSSR count). The lowest BCUT2D eigenvalue weighted by Crippen LogP contribution is -2.04. The normalized spacial score (nSPS) is 10.3. The van der Waals surface area contributed by atoms with E-state index in [1.54, 1.807) is 13.0 Å². The number of hydrogen-bond acceptors (Lipinski definition) is 2. The topological polar surface area (TPSA) is 26.3 Å². The van der Waals surface area contributed by atoms with Crippen molar-refractivity contribution in [1.82, 2.24) is 0 Å². The molecule has 19 heavy (non-hydrogen) atoms. The largest absolute Gasteiger partial charge is 0.462 e. The molecule has 0 saturated carbocycles. The Kier molecular flexibility index (Phi) is 4.82. The van der Waals surface area contributed by atoms with Crippen LogP contribution in [-0.2, 0) is 4.74 Å². The Balaban J connectivity index is 2.45. The summed E-state index contributed by atoms with van der Waals surface area (Å²) in [7, 11) is 0. The van der Waals surface area contributed by atoms with E-state index < -0.39 is 0 Å². The third-order valence-electron chi connectivity index (χ3n) is 2.61. The predicted octanol–water partition coefficient (Wildman–Crippen LogP) is 4.79. The number of esters is 1. The molecule has 0 atom stereocenters. The summed E-state index contributed by atoms with van der Waals surface area (Å²) in [6.07, 6.45) is 0. The van der Waals surface area contributed by atoms with E-state index in [1.807, 2.05) is 36.4 Å². The van der Waals surface area contributed by atoms with Gasteiger partial charge in [-0.25, -0.2) is 4.79 Å². The van der Waals surface area contributed by atoms with Crippen LogP contribution >= 0.6 is 34.2 Å². The van der Waals surface area contributed by atoms with Crippen LogP contribution in [0.1, 0.15) is 17.3 Å². The molecular formula is C15H12ClIO2. The van der Waals surface area contributed by atoms with Crippen molar-refractivity contribution in [2.75, 3.05) is 6.61 Å². The Morgan fingerprint density at radius 1 is 1.26 bits per heavy atom. The number of rotatable bonds is 3. The molecule has 0 bridgehead atoms. The highest BCUT2D eigenvalue weighted by Crippen LogP contribution is 2.28. The van der Waals surface area contributed by atoms with Crippen LogP contribution in [-0.4, -0.2) is 12.6 Å². The smallest absolute Gasteiger partial charge is 0.338 e. The van der Waals surface area contributed by atoms with Crippen molar-refractivity contribution in [2.45, 2.75) is 6.92 Å². The number of hydrogen-bond donors (Lipinski definition) is 0. The average Bonchev–Trinajstić information content (AvgIpc) is 2.39. The Morgan fingerprint density at radius 3 is 2.74 bits per heavy atom. The summed E-state index contributed by atoms with van der Waals surface area (Å²) >= 11 is 8.25. The molecule has 0 fully saturated rings. The first-order chi connectivity index (χ1) is 9.11. The Bertz CT molecular complexity index is 611. The van der Waals surface area contributed by atoms with Gasteiger partial charge >= 0.3 is 5.97 Å². The van der Waals surface area contributed by atoms with Crippen molar-refractivity contribution in [3.05, 3.63) is 56.6 Å². The highest BCUT2D eigenvalue weighted by molar-refractivity contribution is 14.1. The Labute approximate surface area is 130 Å². The fraction of sp³-hybridized carbons (Fsp3) is 0.133. The minimum atomic E-state index is -0.304. The minimum Gasteiger partial charge on any atom is -0.462 e. The van der Waals surface area contributed by atoms with Gasteiger partial charge in [0.05, 0.1) is 12.2 Å². The summed E-state index contributed by atoms with van der Waals surface area (Å²) in [5.41, 5.74) is 2.52. The van der Waals surface area contributed by atoms with E-state index in [9.17, 15) is 4.79 Å². The van der Waals surface area contributed by atoms with Crippen molar-refractivity contribution >= 4 is 40.2 Å². The standard InChI is InChI=1S/C15H12ClIO2/c1-2-19-15(18)11-6-7-14(17)13(9-11)10-4-3-5-12(16)8-10/h3-9H,2H2,1H3. The van der Waals surface area contributed by atoms with Crippen LogP contribution in [0.3, 0.4) is 0 Å². The molecule has 0 unspecified atom stereocenters. The van der Waals surface area contributed by atoms with E-state index in [0.29, 0.717) is 17.2 Å². The summed E-state index contributed by atoms with van der Waals surface area (Å²) in [4.78, 5) is 11.8. The summed E-state index contributed by atoms with van der Waals surface area (Å²) in [6.45, 7) is 2.17. The fourth-order valence-electron chi connectivity index (χ4n) is 1.74. The first-order valence-corrected chi connectivity index (χ1v) is 7.30. The highest BCUT2D eigenvalue weighted by Gasteiger charge is 2.10. The maximum Gasteiger partial charge on any atom is 0.338 e. The molecule has 0 aliphatic rings. The predicted molar refractivity (Wildman–Crippen MR) is 85.6 cm³/mol. The third kappa shape index (κ3) is 3.48.